The molecule has 0 aliphatic carbocycles. The summed E-state index contributed by atoms with van der Waals surface area (Å²) in [5, 5.41) is 0. The number of benzene rings is 1. The molecule has 1 aliphatic rings. The van der Waals surface area contributed by atoms with Crippen molar-refractivity contribution >= 4 is 21.9 Å². The van der Waals surface area contributed by atoms with E-state index in [0.717, 1.165) is 38.1 Å². The molecule has 1 N–H and O–H groups in total. The summed E-state index contributed by atoms with van der Waals surface area (Å²) in [5.41, 5.74) is 0.0207. The molecule has 0 radical (unpaired) electrons. The van der Waals surface area contributed by atoms with E-state index in [2.05, 4.69) is 19.7 Å². The van der Waals surface area contributed by atoms with Gasteiger partial charge in [-0.05, 0) is 30.5 Å². The first kappa shape index (κ1) is 20.3. The van der Waals surface area contributed by atoms with Gasteiger partial charge in [-0.25, -0.2) is 21.9 Å². The van der Waals surface area contributed by atoms with E-state index in [-0.39, 0.29) is 17.9 Å². The number of anilines is 2. The smallest absolute Gasteiger partial charge is 0.230 e. The molecule has 8 nitrogen and oxygen atoms in total. The Hall–Kier alpha value is -2.40. The van der Waals surface area contributed by atoms with E-state index in [1.54, 1.807) is 19.0 Å². The fourth-order valence-corrected chi connectivity index (χ4v) is 3.93. The Kier molecular flexibility index (Phi) is 6.04. The van der Waals surface area contributed by atoms with Gasteiger partial charge in [-0.3, -0.25) is 0 Å². The average Bonchev–Trinajstić information content (AvgIpc) is 3.13. The molecule has 0 spiro atoms. The highest BCUT2D eigenvalue weighted by Crippen LogP contribution is 2.18. The van der Waals surface area contributed by atoms with Gasteiger partial charge >= 0.3 is 0 Å². The predicted molar refractivity (Wildman–Crippen MR) is 101 cm³/mol. The number of hydrogen-bond acceptors (Lipinski definition) is 7. The van der Waals surface area contributed by atoms with Crippen LogP contribution < -0.4 is 14.5 Å². The standard InChI is InChI=1S/C17H22F2N6O2S/c1-24(2)16-21-15(22-17(23-16)25-5-3-4-6-25)10-20-28(26,27)11-12-7-13(18)9-14(19)8-12/h7-9,20H,3-6,10-11H2,1-2H3. The lowest BCUT2D eigenvalue weighted by Gasteiger charge is -2.19. The minimum atomic E-state index is -3.84. The van der Waals surface area contributed by atoms with Crippen LogP contribution >= 0.6 is 0 Å². The summed E-state index contributed by atoms with van der Waals surface area (Å²) in [4.78, 5) is 16.8. The lowest BCUT2D eigenvalue weighted by molar-refractivity contribution is 0.573. The molecule has 1 fully saturated rings. The van der Waals surface area contributed by atoms with E-state index >= 15 is 0 Å². The number of nitrogens with one attached hydrogen (secondary N) is 1. The van der Waals surface area contributed by atoms with Gasteiger partial charge < -0.3 is 9.80 Å². The van der Waals surface area contributed by atoms with Gasteiger partial charge in [-0.15, -0.1) is 0 Å². The van der Waals surface area contributed by atoms with Crippen molar-refractivity contribution in [1.82, 2.24) is 19.7 Å². The van der Waals surface area contributed by atoms with Gasteiger partial charge in [0.05, 0.1) is 12.3 Å². The van der Waals surface area contributed by atoms with Gasteiger partial charge in [0.25, 0.3) is 0 Å². The zero-order valence-corrected chi connectivity index (χ0v) is 16.5. The number of nitrogens with zero attached hydrogens (tertiary/aromatic N) is 5. The largest absolute Gasteiger partial charge is 0.347 e. The normalized spacial score (nSPS) is 14.5. The molecule has 152 valence electrons. The van der Waals surface area contributed by atoms with Crippen molar-refractivity contribution < 1.29 is 17.2 Å². The molecule has 0 saturated carbocycles. The average molecular weight is 412 g/mol. The first-order valence-corrected chi connectivity index (χ1v) is 10.5. The summed E-state index contributed by atoms with van der Waals surface area (Å²) in [6, 6.07) is 2.67. The highest BCUT2D eigenvalue weighted by atomic mass is 32.2. The molecule has 1 aromatic carbocycles. The number of aromatic nitrogens is 3. The van der Waals surface area contributed by atoms with Crippen molar-refractivity contribution in [2.45, 2.75) is 25.1 Å². The third kappa shape index (κ3) is 5.32. The first-order valence-electron chi connectivity index (χ1n) is 8.81. The van der Waals surface area contributed by atoms with Crippen molar-refractivity contribution in [3.05, 3.63) is 41.2 Å². The van der Waals surface area contributed by atoms with Gasteiger partial charge in [-0.2, -0.15) is 15.0 Å². The molecular formula is C17H22F2N6O2S. The van der Waals surface area contributed by atoms with Crippen LogP contribution in [0.25, 0.3) is 0 Å². The molecule has 0 unspecified atom stereocenters. The Morgan fingerprint density at radius 1 is 1.07 bits per heavy atom. The number of hydrogen-bond donors (Lipinski definition) is 1. The van der Waals surface area contributed by atoms with Gasteiger partial charge in [0.15, 0.2) is 5.82 Å². The molecule has 0 atom stereocenters. The molecule has 0 amide bonds. The fraction of sp³-hybridized carbons (Fsp3) is 0.471. The zero-order chi connectivity index (χ0) is 20.3. The van der Waals surface area contributed by atoms with Crippen LogP contribution in [0.4, 0.5) is 20.7 Å². The van der Waals surface area contributed by atoms with E-state index < -0.39 is 27.4 Å². The summed E-state index contributed by atoms with van der Waals surface area (Å²) < 4.78 is 53.5. The van der Waals surface area contributed by atoms with E-state index in [0.29, 0.717) is 18.0 Å². The van der Waals surface area contributed by atoms with Gasteiger partial charge in [0.1, 0.15) is 11.6 Å². The maximum absolute atomic E-state index is 13.3. The summed E-state index contributed by atoms with van der Waals surface area (Å²) in [7, 11) is -0.268. The van der Waals surface area contributed by atoms with Crippen molar-refractivity contribution in [2.24, 2.45) is 0 Å². The second kappa shape index (κ2) is 8.31. The van der Waals surface area contributed by atoms with Crippen LogP contribution in [0.2, 0.25) is 0 Å². The lowest BCUT2D eigenvalue weighted by atomic mass is 10.2. The first-order chi connectivity index (χ1) is 13.2. The van der Waals surface area contributed by atoms with E-state index in [1.165, 1.54) is 0 Å². The third-order valence-corrected chi connectivity index (χ3v) is 5.47. The number of rotatable bonds is 7. The van der Waals surface area contributed by atoms with Gasteiger partial charge in [0, 0.05) is 33.3 Å². The minimum Gasteiger partial charge on any atom is -0.347 e. The highest BCUT2D eigenvalue weighted by molar-refractivity contribution is 7.88. The molecule has 28 heavy (non-hydrogen) atoms. The van der Waals surface area contributed by atoms with Crippen LogP contribution in [0.1, 0.15) is 24.2 Å². The molecule has 0 bridgehead atoms. The van der Waals surface area contributed by atoms with Crippen LogP contribution in [0.15, 0.2) is 18.2 Å². The topological polar surface area (TPSA) is 91.3 Å². The van der Waals surface area contributed by atoms with Crippen LogP contribution in [-0.4, -0.2) is 50.6 Å². The zero-order valence-electron chi connectivity index (χ0n) is 15.7. The Bertz CT molecular complexity index is 928. The summed E-state index contributed by atoms with van der Waals surface area (Å²) in [6.07, 6.45) is 2.10. The third-order valence-electron chi connectivity index (χ3n) is 4.18. The minimum absolute atomic E-state index is 0.0207. The van der Waals surface area contributed by atoms with Crippen molar-refractivity contribution in [1.29, 1.82) is 0 Å². The number of halogens is 2. The SMILES string of the molecule is CN(C)c1nc(CNS(=O)(=O)Cc2cc(F)cc(F)c2)nc(N2CCCC2)n1. The summed E-state index contributed by atoms with van der Waals surface area (Å²) in [6.45, 7) is 1.53. The van der Waals surface area contributed by atoms with E-state index in [9.17, 15) is 17.2 Å². The number of sulfonamides is 1. The van der Waals surface area contributed by atoms with Crippen LogP contribution in [0.3, 0.4) is 0 Å². The quantitative estimate of drug-likeness (QED) is 0.736. The second-order valence-electron chi connectivity index (χ2n) is 6.80. The molecule has 2 heterocycles. The maximum Gasteiger partial charge on any atom is 0.230 e. The van der Waals surface area contributed by atoms with Crippen LogP contribution in [-0.2, 0) is 22.3 Å². The lowest BCUT2D eigenvalue weighted by Crippen LogP contribution is -2.28. The maximum atomic E-state index is 13.3. The molecule has 1 aliphatic heterocycles. The van der Waals surface area contributed by atoms with Gasteiger partial charge in [-0.1, -0.05) is 0 Å². The molecule has 3 rings (SSSR count). The van der Waals surface area contributed by atoms with Gasteiger partial charge in [0.2, 0.25) is 21.9 Å². The van der Waals surface area contributed by atoms with Crippen LogP contribution in [0, 0.1) is 11.6 Å². The Morgan fingerprint density at radius 2 is 1.71 bits per heavy atom. The second-order valence-corrected chi connectivity index (χ2v) is 8.60. The Balaban J connectivity index is 1.75. The molecular weight excluding hydrogens is 390 g/mol. The van der Waals surface area contributed by atoms with Crippen molar-refractivity contribution in [3.63, 3.8) is 0 Å². The monoisotopic (exact) mass is 412 g/mol. The molecule has 2 aromatic rings. The summed E-state index contributed by atoms with van der Waals surface area (Å²) in [5.74, 6) is -0.987. The predicted octanol–water partition coefficient (Wildman–Crippen LogP) is 1.44. The van der Waals surface area contributed by atoms with E-state index in [1.807, 2.05) is 4.90 Å². The molecule has 1 aromatic heterocycles. The summed E-state index contributed by atoms with van der Waals surface area (Å²) >= 11 is 0. The van der Waals surface area contributed by atoms with Crippen molar-refractivity contribution in [2.75, 3.05) is 37.0 Å². The Morgan fingerprint density at radius 3 is 2.32 bits per heavy atom. The fourth-order valence-electron chi connectivity index (χ4n) is 2.87. The molecule has 1 saturated heterocycles. The Labute approximate surface area is 162 Å². The highest BCUT2D eigenvalue weighted by Gasteiger charge is 2.19. The van der Waals surface area contributed by atoms with E-state index in [4.69, 9.17) is 0 Å². The molecule has 11 heteroatoms. The van der Waals surface area contributed by atoms with Crippen molar-refractivity contribution in [3.8, 4) is 0 Å². The van der Waals surface area contributed by atoms with Crippen LogP contribution in [0.5, 0.6) is 0 Å².